The minimum Gasteiger partial charge on any atom is -0.493 e. The van der Waals surface area contributed by atoms with Crippen LogP contribution in [0.15, 0.2) is 72.8 Å². The Morgan fingerprint density at radius 2 is 1.63 bits per heavy atom. The van der Waals surface area contributed by atoms with Gasteiger partial charge in [-0.25, -0.2) is 4.98 Å². The number of aromatic nitrogens is 2. The molecule has 6 nitrogen and oxygen atoms in total. The van der Waals surface area contributed by atoms with E-state index in [9.17, 15) is 4.79 Å². The Hall–Kier alpha value is -3.80. The van der Waals surface area contributed by atoms with Gasteiger partial charge in [-0.05, 0) is 55.2 Å². The predicted octanol–water partition coefficient (Wildman–Crippen LogP) is 5.44. The number of carbonyl (C=O) groups is 1. The van der Waals surface area contributed by atoms with Gasteiger partial charge in [-0.1, -0.05) is 48.9 Å². The first-order valence-corrected chi connectivity index (χ1v) is 12.2. The molecule has 4 rings (SSSR count). The number of benzene rings is 3. The number of rotatable bonds is 12. The molecule has 0 atom stereocenters. The Morgan fingerprint density at radius 1 is 0.857 bits per heavy atom. The van der Waals surface area contributed by atoms with Crippen molar-refractivity contribution in [1.82, 2.24) is 14.9 Å². The number of amides is 1. The zero-order valence-electron chi connectivity index (χ0n) is 20.5. The van der Waals surface area contributed by atoms with Gasteiger partial charge in [0.05, 0.1) is 25.3 Å². The molecule has 1 amide bonds. The number of nitrogens with one attached hydrogen (secondary N) is 1. The van der Waals surface area contributed by atoms with Crippen LogP contribution in [0, 0.1) is 0 Å². The van der Waals surface area contributed by atoms with Crippen LogP contribution in [0.5, 0.6) is 11.5 Å². The molecule has 3 aromatic carbocycles. The van der Waals surface area contributed by atoms with E-state index in [0.29, 0.717) is 23.6 Å². The largest absolute Gasteiger partial charge is 0.493 e. The summed E-state index contributed by atoms with van der Waals surface area (Å²) < 4.78 is 12.9. The lowest BCUT2D eigenvalue weighted by Crippen LogP contribution is -2.24. The zero-order chi connectivity index (χ0) is 24.5. The molecule has 35 heavy (non-hydrogen) atoms. The van der Waals surface area contributed by atoms with Crippen molar-refractivity contribution in [1.29, 1.82) is 0 Å². The van der Waals surface area contributed by atoms with Crippen LogP contribution in [0.4, 0.5) is 0 Å². The lowest BCUT2D eigenvalue weighted by atomic mass is 10.1. The zero-order valence-corrected chi connectivity index (χ0v) is 20.5. The van der Waals surface area contributed by atoms with Crippen LogP contribution < -0.4 is 14.8 Å². The molecule has 1 aromatic heterocycles. The van der Waals surface area contributed by atoms with Crippen LogP contribution in [-0.2, 0) is 19.4 Å². The maximum Gasteiger partial charge on any atom is 0.251 e. The molecule has 182 valence electrons. The summed E-state index contributed by atoms with van der Waals surface area (Å²) in [5.41, 5.74) is 4.15. The summed E-state index contributed by atoms with van der Waals surface area (Å²) >= 11 is 0. The molecule has 4 aromatic rings. The first-order valence-electron chi connectivity index (χ1n) is 12.2. The lowest BCUT2D eigenvalue weighted by Gasteiger charge is -2.11. The molecule has 0 radical (unpaired) electrons. The number of fused-ring (bicyclic) bond motifs is 1. The van der Waals surface area contributed by atoms with Crippen molar-refractivity contribution in [3.05, 3.63) is 89.7 Å². The van der Waals surface area contributed by atoms with Gasteiger partial charge in [0, 0.05) is 25.1 Å². The standard InChI is InChI=1S/C29H33N3O3/c1-34-26-17-16-23(21-27(26)35-2)29(33)30-19-10-4-7-15-28-31-24-13-8-9-14-25(24)32(28)20-18-22-11-5-3-6-12-22/h3,5-6,8-9,11-14,16-17,21H,4,7,10,15,18-20H2,1-2H3,(H,30,33). The highest BCUT2D eigenvalue weighted by atomic mass is 16.5. The second kappa shape index (κ2) is 12.1. The van der Waals surface area contributed by atoms with Gasteiger partial charge in [-0.3, -0.25) is 4.79 Å². The van der Waals surface area contributed by atoms with E-state index in [0.717, 1.165) is 50.0 Å². The summed E-state index contributed by atoms with van der Waals surface area (Å²) in [6.07, 6.45) is 4.88. The molecule has 0 spiro atoms. The number of carbonyl (C=O) groups excluding carboxylic acids is 1. The Morgan fingerprint density at radius 3 is 2.43 bits per heavy atom. The van der Waals surface area contributed by atoms with Gasteiger partial charge in [-0.15, -0.1) is 0 Å². The SMILES string of the molecule is COc1ccc(C(=O)NCCCCCc2nc3ccccc3n2CCc2ccccc2)cc1OC. The van der Waals surface area contributed by atoms with E-state index >= 15 is 0 Å². The highest BCUT2D eigenvalue weighted by molar-refractivity contribution is 5.94. The highest BCUT2D eigenvalue weighted by Gasteiger charge is 2.12. The highest BCUT2D eigenvalue weighted by Crippen LogP contribution is 2.27. The summed E-state index contributed by atoms with van der Waals surface area (Å²) in [5, 5.41) is 3.00. The van der Waals surface area contributed by atoms with Crippen molar-refractivity contribution in [3.8, 4) is 11.5 Å². The first-order chi connectivity index (χ1) is 17.2. The summed E-state index contributed by atoms with van der Waals surface area (Å²) in [4.78, 5) is 17.4. The van der Waals surface area contributed by atoms with E-state index in [4.69, 9.17) is 14.5 Å². The number of hydrogen-bond donors (Lipinski definition) is 1. The van der Waals surface area contributed by atoms with Crippen molar-refractivity contribution in [2.45, 2.75) is 38.6 Å². The van der Waals surface area contributed by atoms with E-state index in [1.165, 1.54) is 11.1 Å². The fraction of sp³-hybridized carbons (Fsp3) is 0.310. The fourth-order valence-electron chi connectivity index (χ4n) is 4.32. The third-order valence-electron chi connectivity index (χ3n) is 6.21. The van der Waals surface area contributed by atoms with Crippen molar-refractivity contribution in [3.63, 3.8) is 0 Å². The van der Waals surface area contributed by atoms with Gasteiger partial charge in [0.1, 0.15) is 5.82 Å². The average Bonchev–Trinajstić information content (AvgIpc) is 3.26. The summed E-state index contributed by atoms with van der Waals surface area (Å²) in [6.45, 7) is 1.55. The molecule has 0 saturated carbocycles. The van der Waals surface area contributed by atoms with E-state index in [2.05, 4.69) is 58.4 Å². The van der Waals surface area contributed by atoms with Crippen molar-refractivity contribution in [2.75, 3.05) is 20.8 Å². The van der Waals surface area contributed by atoms with Gasteiger partial charge >= 0.3 is 0 Å². The van der Waals surface area contributed by atoms with E-state index in [-0.39, 0.29) is 5.91 Å². The van der Waals surface area contributed by atoms with Gasteiger partial charge in [0.2, 0.25) is 0 Å². The van der Waals surface area contributed by atoms with Crippen LogP contribution in [0.25, 0.3) is 11.0 Å². The van der Waals surface area contributed by atoms with Crippen LogP contribution in [0.3, 0.4) is 0 Å². The van der Waals surface area contributed by atoms with Gasteiger partial charge in [0.15, 0.2) is 11.5 Å². The van der Waals surface area contributed by atoms with Crippen LogP contribution >= 0.6 is 0 Å². The number of para-hydroxylation sites is 2. The van der Waals surface area contributed by atoms with Gasteiger partial charge in [-0.2, -0.15) is 0 Å². The summed E-state index contributed by atoms with van der Waals surface area (Å²) in [5.74, 6) is 2.19. The molecular formula is C29H33N3O3. The fourth-order valence-corrected chi connectivity index (χ4v) is 4.32. The Kier molecular flexibility index (Phi) is 8.39. The third kappa shape index (κ3) is 6.21. The monoisotopic (exact) mass is 471 g/mol. The number of methoxy groups -OCH3 is 2. The van der Waals surface area contributed by atoms with Crippen molar-refractivity contribution in [2.24, 2.45) is 0 Å². The number of imidazole rings is 1. The first kappa shape index (κ1) is 24.3. The molecule has 1 heterocycles. The van der Waals surface area contributed by atoms with Crippen molar-refractivity contribution < 1.29 is 14.3 Å². The van der Waals surface area contributed by atoms with Gasteiger partial charge < -0.3 is 19.4 Å². The number of unbranched alkanes of at least 4 members (excludes halogenated alkanes) is 2. The second-order valence-electron chi connectivity index (χ2n) is 8.54. The second-order valence-corrected chi connectivity index (χ2v) is 8.54. The Balaban J connectivity index is 1.27. The minimum absolute atomic E-state index is 0.103. The van der Waals surface area contributed by atoms with Crippen molar-refractivity contribution >= 4 is 16.9 Å². The molecule has 0 fully saturated rings. The molecule has 0 aliphatic rings. The van der Waals surface area contributed by atoms with E-state index in [1.54, 1.807) is 32.4 Å². The number of ether oxygens (including phenoxy) is 2. The number of nitrogens with zero attached hydrogens (tertiary/aromatic N) is 2. The summed E-state index contributed by atoms with van der Waals surface area (Å²) in [7, 11) is 3.14. The molecule has 0 unspecified atom stereocenters. The maximum absolute atomic E-state index is 12.5. The molecule has 0 saturated heterocycles. The maximum atomic E-state index is 12.5. The Labute approximate surface area is 206 Å². The molecular weight excluding hydrogens is 438 g/mol. The normalized spacial score (nSPS) is 10.9. The lowest BCUT2D eigenvalue weighted by molar-refractivity contribution is 0.0952. The third-order valence-corrected chi connectivity index (χ3v) is 6.21. The van der Waals surface area contributed by atoms with E-state index < -0.39 is 0 Å². The smallest absolute Gasteiger partial charge is 0.251 e. The number of hydrogen-bond acceptors (Lipinski definition) is 4. The average molecular weight is 472 g/mol. The topological polar surface area (TPSA) is 65.4 Å². The van der Waals surface area contributed by atoms with Crippen LogP contribution in [0.1, 0.15) is 41.0 Å². The Bertz CT molecular complexity index is 1250. The van der Waals surface area contributed by atoms with Crippen LogP contribution in [-0.4, -0.2) is 36.2 Å². The molecule has 0 bridgehead atoms. The molecule has 0 aliphatic carbocycles. The molecule has 0 aliphatic heterocycles. The van der Waals surface area contributed by atoms with E-state index in [1.807, 2.05) is 6.07 Å². The molecule has 1 N–H and O–H groups in total. The number of aryl methyl sites for hydroxylation is 3. The summed E-state index contributed by atoms with van der Waals surface area (Å²) in [6, 6.07) is 24.1. The molecule has 6 heteroatoms. The minimum atomic E-state index is -0.103. The quantitative estimate of drug-likeness (QED) is 0.280. The van der Waals surface area contributed by atoms with Gasteiger partial charge in [0.25, 0.3) is 5.91 Å². The van der Waals surface area contributed by atoms with Crippen LogP contribution in [0.2, 0.25) is 0 Å². The predicted molar refractivity (Wildman–Crippen MR) is 139 cm³/mol.